The van der Waals surface area contributed by atoms with Crippen LogP contribution in [0.15, 0.2) is 18.2 Å². The molecular formula is C17H25N3O5. The van der Waals surface area contributed by atoms with Gasteiger partial charge in [0.1, 0.15) is 18.0 Å². The Morgan fingerprint density at radius 1 is 1.32 bits per heavy atom. The summed E-state index contributed by atoms with van der Waals surface area (Å²) in [6, 6.07) is 4.68. The van der Waals surface area contributed by atoms with Gasteiger partial charge in [0.15, 0.2) is 0 Å². The Labute approximate surface area is 147 Å². The number of ether oxygens (including phenoxy) is 2. The second-order valence-electron chi connectivity index (χ2n) is 5.75. The van der Waals surface area contributed by atoms with Gasteiger partial charge in [0.05, 0.1) is 32.6 Å². The first-order valence-electron chi connectivity index (χ1n) is 8.22. The fourth-order valence-corrected chi connectivity index (χ4v) is 2.68. The van der Waals surface area contributed by atoms with E-state index in [9.17, 15) is 9.59 Å². The Hall–Kier alpha value is -2.48. The van der Waals surface area contributed by atoms with Gasteiger partial charge in [0.25, 0.3) is 0 Å². The number of hydrogen-bond acceptors (Lipinski definition) is 5. The van der Waals surface area contributed by atoms with Gasteiger partial charge in [-0.05, 0) is 18.6 Å². The van der Waals surface area contributed by atoms with E-state index in [2.05, 4.69) is 5.32 Å². The smallest absolute Gasteiger partial charge is 0.325 e. The SMILES string of the molecule is CCC(CO)NC(=O)CN1CCN(c2cc(OC)ccc2OC)C1=O. The van der Waals surface area contributed by atoms with Crippen molar-refractivity contribution in [2.75, 3.05) is 45.4 Å². The summed E-state index contributed by atoms with van der Waals surface area (Å²) in [7, 11) is 3.09. The summed E-state index contributed by atoms with van der Waals surface area (Å²) in [6.45, 7) is 2.59. The fourth-order valence-electron chi connectivity index (χ4n) is 2.68. The van der Waals surface area contributed by atoms with E-state index in [1.54, 1.807) is 30.2 Å². The summed E-state index contributed by atoms with van der Waals surface area (Å²) in [5.41, 5.74) is 0.608. The molecule has 0 bridgehead atoms. The van der Waals surface area contributed by atoms with Gasteiger partial charge in [-0.2, -0.15) is 0 Å². The lowest BCUT2D eigenvalue weighted by atomic mass is 10.2. The van der Waals surface area contributed by atoms with Crippen molar-refractivity contribution in [3.05, 3.63) is 18.2 Å². The van der Waals surface area contributed by atoms with Crippen molar-refractivity contribution in [3.63, 3.8) is 0 Å². The molecule has 1 atom stereocenters. The lowest BCUT2D eigenvalue weighted by Gasteiger charge is -2.21. The van der Waals surface area contributed by atoms with E-state index in [4.69, 9.17) is 14.6 Å². The molecule has 138 valence electrons. The van der Waals surface area contributed by atoms with E-state index >= 15 is 0 Å². The summed E-state index contributed by atoms with van der Waals surface area (Å²) in [5.74, 6) is 0.897. The molecule has 0 saturated carbocycles. The minimum atomic E-state index is -0.292. The number of rotatable bonds is 8. The fraction of sp³-hybridized carbons (Fsp3) is 0.529. The molecule has 2 N–H and O–H groups in total. The maximum absolute atomic E-state index is 12.7. The number of aliphatic hydroxyl groups excluding tert-OH is 1. The molecule has 3 amide bonds. The van der Waals surface area contributed by atoms with Crippen LogP contribution in [0.5, 0.6) is 11.5 Å². The second kappa shape index (κ2) is 8.57. The van der Waals surface area contributed by atoms with E-state index in [-0.39, 0.29) is 31.1 Å². The Kier molecular flexibility index (Phi) is 6.46. The van der Waals surface area contributed by atoms with Crippen LogP contribution in [0.25, 0.3) is 0 Å². The van der Waals surface area contributed by atoms with Crippen molar-refractivity contribution in [1.29, 1.82) is 0 Å². The number of nitrogens with one attached hydrogen (secondary N) is 1. The molecular weight excluding hydrogens is 326 g/mol. The standard InChI is InChI=1S/C17H25N3O5/c1-4-12(11-21)18-16(22)10-19-7-8-20(17(19)23)14-9-13(24-2)5-6-15(14)25-3/h5-6,9,12,21H,4,7-8,10-11H2,1-3H3,(H,18,22). The van der Waals surface area contributed by atoms with Crippen LogP contribution in [-0.4, -0.2) is 68.4 Å². The summed E-state index contributed by atoms with van der Waals surface area (Å²) >= 11 is 0. The van der Waals surface area contributed by atoms with E-state index in [1.165, 1.54) is 12.0 Å². The predicted molar refractivity (Wildman–Crippen MR) is 93.2 cm³/mol. The number of nitrogens with zero attached hydrogens (tertiary/aromatic N) is 2. The number of aliphatic hydroxyl groups is 1. The van der Waals surface area contributed by atoms with E-state index in [0.29, 0.717) is 36.7 Å². The van der Waals surface area contributed by atoms with Crippen LogP contribution < -0.4 is 19.7 Å². The first-order chi connectivity index (χ1) is 12.0. The number of methoxy groups -OCH3 is 2. The molecule has 0 aromatic heterocycles. The number of carbonyl (C=O) groups excluding carboxylic acids is 2. The third-order valence-electron chi connectivity index (χ3n) is 4.18. The molecule has 25 heavy (non-hydrogen) atoms. The normalized spacial score (nSPS) is 15.3. The third-order valence-corrected chi connectivity index (χ3v) is 4.18. The van der Waals surface area contributed by atoms with Crippen LogP contribution in [0, 0.1) is 0 Å². The third kappa shape index (κ3) is 4.33. The molecule has 1 aromatic carbocycles. The Morgan fingerprint density at radius 2 is 2.08 bits per heavy atom. The quantitative estimate of drug-likeness (QED) is 0.724. The van der Waals surface area contributed by atoms with Gasteiger partial charge < -0.3 is 24.8 Å². The van der Waals surface area contributed by atoms with Crippen LogP contribution >= 0.6 is 0 Å². The predicted octanol–water partition coefficient (Wildman–Crippen LogP) is 0.833. The number of benzene rings is 1. The van der Waals surface area contributed by atoms with Gasteiger partial charge in [0, 0.05) is 19.2 Å². The van der Waals surface area contributed by atoms with Gasteiger partial charge in [-0.25, -0.2) is 4.79 Å². The Bertz CT molecular complexity index is 618. The molecule has 1 unspecified atom stereocenters. The molecule has 8 heteroatoms. The topological polar surface area (TPSA) is 91.3 Å². The lowest BCUT2D eigenvalue weighted by Crippen LogP contribution is -2.44. The molecule has 8 nitrogen and oxygen atoms in total. The van der Waals surface area contributed by atoms with Crippen LogP contribution in [0.1, 0.15) is 13.3 Å². The van der Waals surface area contributed by atoms with Crippen molar-refractivity contribution >= 4 is 17.6 Å². The first-order valence-corrected chi connectivity index (χ1v) is 8.22. The van der Waals surface area contributed by atoms with Gasteiger partial charge >= 0.3 is 6.03 Å². The molecule has 1 fully saturated rings. The monoisotopic (exact) mass is 351 g/mol. The highest BCUT2D eigenvalue weighted by Gasteiger charge is 2.32. The number of anilines is 1. The highest BCUT2D eigenvalue weighted by Crippen LogP contribution is 2.34. The van der Waals surface area contributed by atoms with Crippen molar-refractivity contribution in [3.8, 4) is 11.5 Å². The van der Waals surface area contributed by atoms with Gasteiger partial charge in [-0.15, -0.1) is 0 Å². The Morgan fingerprint density at radius 3 is 2.68 bits per heavy atom. The number of amides is 3. The summed E-state index contributed by atoms with van der Waals surface area (Å²) < 4.78 is 10.5. The van der Waals surface area contributed by atoms with Gasteiger partial charge in [-0.1, -0.05) is 6.92 Å². The molecule has 1 saturated heterocycles. The van der Waals surface area contributed by atoms with Gasteiger partial charge in [0.2, 0.25) is 5.91 Å². The van der Waals surface area contributed by atoms with Crippen LogP contribution in [0.2, 0.25) is 0 Å². The number of hydrogen-bond donors (Lipinski definition) is 2. The number of carbonyl (C=O) groups is 2. The molecule has 0 aliphatic carbocycles. The molecule has 1 aromatic rings. The average molecular weight is 351 g/mol. The van der Waals surface area contributed by atoms with Crippen molar-refractivity contribution in [2.45, 2.75) is 19.4 Å². The highest BCUT2D eigenvalue weighted by molar-refractivity contribution is 5.97. The largest absolute Gasteiger partial charge is 0.497 e. The minimum Gasteiger partial charge on any atom is -0.497 e. The first kappa shape index (κ1) is 18.9. The zero-order valence-electron chi connectivity index (χ0n) is 14.8. The zero-order chi connectivity index (χ0) is 18.4. The lowest BCUT2D eigenvalue weighted by molar-refractivity contribution is -0.122. The summed E-state index contributed by atoms with van der Waals surface area (Å²) in [4.78, 5) is 27.8. The average Bonchev–Trinajstić information content (AvgIpc) is 2.99. The van der Waals surface area contributed by atoms with Crippen LogP contribution in [0.4, 0.5) is 10.5 Å². The maximum Gasteiger partial charge on any atom is 0.325 e. The van der Waals surface area contributed by atoms with Crippen molar-refractivity contribution in [1.82, 2.24) is 10.2 Å². The summed E-state index contributed by atoms with van der Waals surface area (Å²) in [5, 5.41) is 11.9. The number of urea groups is 1. The van der Waals surface area contributed by atoms with Crippen molar-refractivity contribution in [2.24, 2.45) is 0 Å². The molecule has 2 rings (SSSR count). The van der Waals surface area contributed by atoms with Gasteiger partial charge in [-0.3, -0.25) is 9.69 Å². The molecule has 1 aliphatic heterocycles. The van der Waals surface area contributed by atoms with Crippen LogP contribution in [0.3, 0.4) is 0 Å². The molecule has 1 heterocycles. The van der Waals surface area contributed by atoms with Crippen molar-refractivity contribution < 1.29 is 24.2 Å². The van der Waals surface area contributed by atoms with E-state index in [1.807, 2.05) is 6.92 Å². The van der Waals surface area contributed by atoms with E-state index in [0.717, 1.165) is 0 Å². The highest BCUT2D eigenvalue weighted by atomic mass is 16.5. The maximum atomic E-state index is 12.7. The van der Waals surface area contributed by atoms with Crippen LogP contribution in [-0.2, 0) is 4.79 Å². The summed E-state index contributed by atoms with van der Waals surface area (Å²) in [6.07, 6.45) is 0.628. The van der Waals surface area contributed by atoms with E-state index < -0.39 is 0 Å². The Balaban J connectivity index is 2.08. The molecule has 1 aliphatic rings. The second-order valence-corrected chi connectivity index (χ2v) is 5.75. The zero-order valence-corrected chi connectivity index (χ0v) is 14.8. The minimum absolute atomic E-state index is 0.0435. The molecule has 0 spiro atoms. The molecule has 0 radical (unpaired) electrons.